The van der Waals surface area contributed by atoms with E-state index in [4.69, 9.17) is 9.47 Å². The zero-order valence-corrected chi connectivity index (χ0v) is 8.53. The number of rotatable bonds is 3. The molecule has 1 saturated heterocycles. The van der Waals surface area contributed by atoms with Gasteiger partial charge >= 0.3 is 0 Å². The van der Waals surface area contributed by atoms with Crippen LogP contribution in [0.2, 0.25) is 0 Å². The van der Waals surface area contributed by atoms with Gasteiger partial charge in [0.05, 0.1) is 6.10 Å². The Balaban J connectivity index is 1.68. The normalized spacial score (nSPS) is 39.5. The maximum Gasteiger partial charge on any atom is 0.158 e. The van der Waals surface area contributed by atoms with Crippen molar-refractivity contribution in [3.05, 3.63) is 0 Å². The Morgan fingerprint density at radius 3 is 2.69 bits per heavy atom. The zero-order valence-electron chi connectivity index (χ0n) is 8.53. The van der Waals surface area contributed by atoms with E-state index >= 15 is 0 Å². The SMILES string of the molecule is CN(C)[C@@H]1C[C@@H]1O[C@@H]1CCCCO1. The van der Waals surface area contributed by atoms with E-state index < -0.39 is 0 Å². The highest BCUT2D eigenvalue weighted by atomic mass is 16.7. The highest BCUT2D eigenvalue weighted by Crippen LogP contribution is 2.32. The van der Waals surface area contributed by atoms with Crippen LogP contribution in [-0.4, -0.2) is 44.0 Å². The van der Waals surface area contributed by atoms with Gasteiger partial charge in [-0.1, -0.05) is 0 Å². The number of likely N-dealkylation sites (N-methyl/N-ethyl adjacent to an activating group) is 1. The molecule has 0 aromatic carbocycles. The second-order valence-corrected chi connectivity index (χ2v) is 4.24. The smallest absolute Gasteiger partial charge is 0.158 e. The molecule has 3 heteroatoms. The lowest BCUT2D eigenvalue weighted by Gasteiger charge is -2.23. The summed E-state index contributed by atoms with van der Waals surface area (Å²) in [5.74, 6) is 0. The van der Waals surface area contributed by atoms with Crippen molar-refractivity contribution in [3.63, 3.8) is 0 Å². The summed E-state index contributed by atoms with van der Waals surface area (Å²) in [4.78, 5) is 2.23. The molecular formula is C10H19NO2. The van der Waals surface area contributed by atoms with Crippen LogP contribution >= 0.6 is 0 Å². The van der Waals surface area contributed by atoms with E-state index in [1.807, 2.05) is 0 Å². The van der Waals surface area contributed by atoms with Crippen molar-refractivity contribution in [1.29, 1.82) is 0 Å². The number of hydrogen-bond acceptors (Lipinski definition) is 3. The molecule has 0 aromatic heterocycles. The molecule has 1 aliphatic carbocycles. The predicted octanol–water partition coefficient (Wildman–Crippen LogP) is 1.23. The lowest BCUT2D eigenvalue weighted by molar-refractivity contribution is -0.171. The standard InChI is InChI=1S/C10H19NO2/c1-11(2)8-7-9(8)13-10-5-3-4-6-12-10/h8-10H,3-7H2,1-2H3/t8-,9+,10-/m1/s1. The molecule has 2 rings (SSSR count). The zero-order chi connectivity index (χ0) is 9.26. The van der Waals surface area contributed by atoms with Crippen molar-refractivity contribution in [3.8, 4) is 0 Å². The van der Waals surface area contributed by atoms with Gasteiger partial charge in [0.2, 0.25) is 0 Å². The molecule has 3 atom stereocenters. The van der Waals surface area contributed by atoms with Gasteiger partial charge in [-0.2, -0.15) is 0 Å². The molecule has 0 radical (unpaired) electrons. The minimum atomic E-state index is 0.0868. The van der Waals surface area contributed by atoms with Crippen molar-refractivity contribution < 1.29 is 9.47 Å². The van der Waals surface area contributed by atoms with Crippen LogP contribution in [0, 0.1) is 0 Å². The molecule has 1 heterocycles. The van der Waals surface area contributed by atoms with E-state index in [9.17, 15) is 0 Å². The average Bonchev–Trinajstić information content (AvgIpc) is 2.86. The molecule has 13 heavy (non-hydrogen) atoms. The topological polar surface area (TPSA) is 21.7 Å². The van der Waals surface area contributed by atoms with Crippen LogP contribution in [0.4, 0.5) is 0 Å². The fourth-order valence-corrected chi connectivity index (χ4v) is 1.86. The summed E-state index contributed by atoms with van der Waals surface area (Å²) in [6, 6.07) is 0.630. The van der Waals surface area contributed by atoms with Crippen LogP contribution in [0.25, 0.3) is 0 Å². The first-order valence-electron chi connectivity index (χ1n) is 5.21. The Labute approximate surface area is 80.0 Å². The van der Waals surface area contributed by atoms with Gasteiger partial charge in [-0.15, -0.1) is 0 Å². The van der Waals surface area contributed by atoms with Crippen LogP contribution in [0.1, 0.15) is 25.7 Å². The molecular weight excluding hydrogens is 166 g/mol. The third kappa shape index (κ3) is 2.42. The summed E-state index contributed by atoms with van der Waals surface area (Å²) in [7, 11) is 4.21. The maximum atomic E-state index is 5.81. The predicted molar refractivity (Wildman–Crippen MR) is 50.6 cm³/mol. The summed E-state index contributed by atoms with van der Waals surface area (Å²) in [5.41, 5.74) is 0. The van der Waals surface area contributed by atoms with E-state index in [1.165, 1.54) is 19.3 Å². The molecule has 1 aliphatic heterocycles. The van der Waals surface area contributed by atoms with Crippen LogP contribution in [0.15, 0.2) is 0 Å². The second kappa shape index (κ2) is 3.95. The summed E-state index contributed by atoms with van der Waals surface area (Å²) >= 11 is 0. The molecule has 0 N–H and O–H groups in total. The first-order valence-corrected chi connectivity index (χ1v) is 5.21. The van der Waals surface area contributed by atoms with Gasteiger partial charge in [0.1, 0.15) is 0 Å². The molecule has 0 unspecified atom stereocenters. The fourth-order valence-electron chi connectivity index (χ4n) is 1.86. The van der Waals surface area contributed by atoms with E-state index in [-0.39, 0.29) is 6.29 Å². The first kappa shape index (κ1) is 9.44. The van der Waals surface area contributed by atoms with Crippen LogP contribution in [0.5, 0.6) is 0 Å². The van der Waals surface area contributed by atoms with Gasteiger partial charge in [-0.3, -0.25) is 0 Å². The average molecular weight is 185 g/mol. The monoisotopic (exact) mass is 185 g/mol. The minimum Gasteiger partial charge on any atom is -0.353 e. The number of nitrogens with zero attached hydrogens (tertiary/aromatic N) is 1. The molecule has 0 bridgehead atoms. The largest absolute Gasteiger partial charge is 0.353 e. The van der Waals surface area contributed by atoms with Crippen LogP contribution in [0.3, 0.4) is 0 Å². The number of hydrogen-bond donors (Lipinski definition) is 0. The summed E-state index contributed by atoms with van der Waals surface area (Å²) in [6.45, 7) is 0.879. The van der Waals surface area contributed by atoms with Gasteiger partial charge < -0.3 is 14.4 Å². The fraction of sp³-hybridized carbons (Fsp3) is 1.00. The molecule has 0 aromatic rings. The second-order valence-electron chi connectivity index (χ2n) is 4.24. The van der Waals surface area contributed by atoms with Crippen molar-refractivity contribution in [2.75, 3.05) is 20.7 Å². The van der Waals surface area contributed by atoms with Crippen molar-refractivity contribution in [2.45, 2.75) is 44.1 Å². The van der Waals surface area contributed by atoms with Crippen molar-refractivity contribution in [1.82, 2.24) is 4.90 Å². The molecule has 3 nitrogen and oxygen atoms in total. The Hall–Kier alpha value is -0.120. The van der Waals surface area contributed by atoms with Gasteiger partial charge in [0.15, 0.2) is 6.29 Å². The molecule has 2 aliphatic rings. The van der Waals surface area contributed by atoms with Crippen LogP contribution < -0.4 is 0 Å². The maximum absolute atomic E-state index is 5.81. The third-order valence-corrected chi connectivity index (χ3v) is 2.83. The minimum absolute atomic E-state index is 0.0868. The Kier molecular flexibility index (Phi) is 2.86. The Morgan fingerprint density at radius 1 is 1.31 bits per heavy atom. The molecule has 0 amide bonds. The summed E-state index contributed by atoms with van der Waals surface area (Å²) in [6.07, 6.45) is 5.22. The lowest BCUT2D eigenvalue weighted by atomic mass is 10.2. The summed E-state index contributed by atoms with van der Waals surface area (Å²) in [5, 5.41) is 0. The molecule has 2 fully saturated rings. The highest BCUT2D eigenvalue weighted by Gasteiger charge is 2.41. The van der Waals surface area contributed by atoms with Gasteiger partial charge in [0, 0.05) is 12.6 Å². The van der Waals surface area contributed by atoms with E-state index in [0.717, 1.165) is 13.0 Å². The van der Waals surface area contributed by atoms with Gasteiger partial charge in [-0.25, -0.2) is 0 Å². The molecule has 0 spiro atoms. The molecule has 76 valence electrons. The van der Waals surface area contributed by atoms with Crippen LogP contribution in [-0.2, 0) is 9.47 Å². The van der Waals surface area contributed by atoms with Crippen molar-refractivity contribution >= 4 is 0 Å². The third-order valence-electron chi connectivity index (χ3n) is 2.83. The highest BCUT2D eigenvalue weighted by molar-refractivity contribution is 4.95. The Morgan fingerprint density at radius 2 is 2.15 bits per heavy atom. The van der Waals surface area contributed by atoms with E-state index in [2.05, 4.69) is 19.0 Å². The van der Waals surface area contributed by atoms with E-state index in [0.29, 0.717) is 12.1 Å². The van der Waals surface area contributed by atoms with Gasteiger partial charge in [-0.05, 0) is 39.8 Å². The first-order chi connectivity index (χ1) is 6.27. The van der Waals surface area contributed by atoms with Crippen molar-refractivity contribution in [2.24, 2.45) is 0 Å². The molecule has 1 saturated carbocycles. The number of ether oxygens (including phenoxy) is 2. The quantitative estimate of drug-likeness (QED) is 0.660. The Bertz CT molecular complexity index is 166. The lowest BCUT2D eigenvalue weighted by Crippen LogP contribution is -2.26. The van der Waals surface area contributed by atoms with E-state index in [1.54, 1.807) is 0 Å². The summed E-state index contributed by atoms with van der Waals surface area (Å²) < 4.78 is 11.3. The van der Waals surface area contributed by atoms with Gasteiger partial charge in [0.25, 0.3) is 0 Å².